The average molecular weight is 304 g/mol. The number of amides is 1. The van der Waals surface area contributed by atoms with Gasteiger partial charge in [-0.05, 0) is 18.9 Å². The van der Waals surface area contributed by atoms with Crippen LogP contribution < -0.4 is 20.5 Å². The van der Waals surface area contributed by atoms with Crippen molar-refractivity contribution in [2.24, 2.45) is 0 Å². The summed E-state index contributed by atoms with van der Waals surface area (Å²) < 4.78 is 48.6. The maximum atomic E-state index is 12.9. The normalized spacial score (nSPS) is 16.2. The summed E-state index contributed by atoms with van der Waals surface area (Å²) in [6.45, 7) is 0. The monoisotopic (exact) mass is 304 g/mol. The van der Waals surface area contributed by atoms with Crippen LogP contribution in [0.1, 0.15) is 23.2 Å². The van der Waals surface area contributed by atoms with Crippen molar-refractivity contribution in [3.63, 3.8) is 0 Å². The molecule has 0 aromatic heterocycles. The van der Waals surface area contributed by atoms with Crippen LogP contribution in [0.4, 0.5) is 18.9 Å². The van der Waals surface area contributed by atoms with Gasteiger partial charge in [0.25, 0.3) is 5.91 Å². The van der Waals surface area contributed by atoms with E-state index in [0.29, 0.717) is 0 Å². The molecule has 1 fully saturated rings. The van der Waals surface area contributed by atoms with Gasteiger partial charge in [0.05, 0.1) is 25.5 Å². The molecule has 1 aliphatic rings. The second-order valence-electron chi connectivity index (χ2n) is 4.82. The number of hydrogen-bond donors (Lipinski definition) is 2. The first kappa shape index (κ1) is 15.3. The van der Waals surface area contributed by atoms with Gasteiger partial charge < -0.3 is 20.5 Å². The van der Waals surface area contributed by atoms with Crippen LogP contribution in [0.25, 0.3) is 0 Å². The van der Waals surface area contributed by atoms with E-state index in [4.69, 9.17) is 15.2 Å². The van der Waals surface area contributed by atoms with Crippen LogP contribution in [0.5, 0.6) is 11.5 Å². The van der Waals surface area contributed by atoms with Gasteiger partial charge in [0.2, 0.25) is 0 Å². The maximum absolute atomic E-state index is 12.9. The van der Waals surface area contributed by atoms with Crippen LogP contribution >= 0.6 is 0 Å². The van der Waals surface area contributed by atoms with E-state index in [2.05, 4.69) is 0 Å². The van der Waals surface area contributed by atoms with Crippen LogP contribution in [0.15, 0.2) is 12.1 Å². The topological polar surface area (TPSA) is 73.6 Å². The Labute approximate surface area is 119 Å². The van der Waals surface area contributed by atoms with E-state index < -0.39 is 17.6 Å². The molecule has 0 aliphatic heterocycles. The smallest absolute Gasteiger partial charge is 0.411 e. The van der Waals surface area contributed by atoms with E-state index in [9.17, 15) is 18.0 Å². The molecule has 0 bridgehead atoms. The number of anilines is 1. The summed E-state index contributed by atoms with van der Waals surface area (Å²) >= 11 is 0. The molecule has 1 aromatic rings. The van der Waals surface area contributed by atoms with Gasteiger partial charge in [0.15, 0.2) is 0 Å². The van der Waals surface area contributed by atoms with Crippen molar-refractivity contribution in [1.29, 1.82) is 0 Å². The Kier molecular flexibility index (Phi) is 3.65. The number of nitrogen functional groups attached to an aromatic ring is 1. The second kappa shape index (κ2) is 5.01. The second-order valence-corrected chi connectivity index (χ2v) is 4.82. The molecule has 2 rings (SSSR count). The summed E-state index contributed by atoms with van der Waals surface area (Å²) in [5.41, 5.74) is 3.45. The van der Waals surface area contributed by atoms with E-state index in [1.807, 2.05) is 5.32 Å². The van der Waals surface area contributed by atoms with E-state index in [0.717, 1.165) is 0 Å². The highest BCUT2D eigenvalue weighted by atomic mass is 19.4. The molecule has 1 amide bonds. The minimum Gasteiger partial charge on any atom is -0.497 e. The lowest BCUT2D eigenvalue weighted by molar-refractivity contribution is -0.163. The zero-order chi connectivity index (χ0) is 15.8. The number of nitrogens with one attached hydrogen (secondary N) is 1. The van der Waals surface area contributed by atoms with Crippen molar-refractivity contribution in [3.05, 3.63) is 17.7 Å². The molecule has 1 aliphatic carbocycles. The zero-order valence-corrected chi connectivity index (χ0v) is 11.5. The third-order valence-corrected chi connectivity index (χ3v) is 3.46. The maximum Gasteiger partial charge on any atom is 0.411 e. The summed E-state index contributed by atoms with van der Waals surface area (Å²) in [5, 5.41) is 2.01. The molecule has 3 N–H and O–H groups in total. The fraction of sp³-hybridized carbons (Fsp3) is 0.462. The molecule has 1 aromatic carbocycles. The lowest BCUT2D eigenvalue weighted by atomic mass is 10.1. The van der Waals surface area contributed by atoms with Crippen LogP contribution in [-0.4, -0.2) is 31.8 Å². The van der Waals surface area contributed by atoms with Crippen LogP contribution in [-0.2, 0) is 0 Å². The first-order chi connectivity index (χ1) is 9.74. The van der Waals surface area contributed by atoms with Crippen LogP contribution in [0.2, 0.25) is 0 Å². The molecule has 21 heavy (non-hydrogen) atoms. The Morgan fingerprint density at radius 2 is 1.90 bits per heavy atom. The van der Waals surface area contributed by atoms with Gasteiger partial charge in [-0.15, -0.1) is 0 Å². The van der Waals surface area contributed by atoms with Crippen molar-refractivity contribution in [1.82, 2.24) is 5.32 Å². The largest absolute Gasteiger partial charge is 0.497 e. The van der Waals surface area contributed by atoms with E-state index >= 15 is 0 Å². The molecule has 0 spiro atoms. The number of nitrogens with two attached hydrogens (primary N) is 1. The standard InChI is InChI=1S/C13H15F3N2O3/c1-20-7-5-8(10(17)9(6-7)21-2)11(19)18-12(3-4-12)13(14,15)16/h5-6H,3-4,17H2,1-2H3,(H,18,19). The quantitative estimate of drug-likeness (QED) is 0.836. The SMILES string of the molecule is COc1cc(OC)c(N)c(C(=O)NC2(C(F)(F)F)CC2)c1. The molecule has 8 heteroatoms. The summed E-state index contributed by atoms with van der Waals surface area (Å²) in [5.74, 6) is -0.473. The van der Waals surface area contributed by atoms with Gasteiger partial charge in [-0.1, -0.05) is 0 Å². The van der Waals surface area contributed by atoms with Crippen molar-refractivity contribution in [2.75, 3.05) is 20.0 Å². The highest BCUT2D eigenvalue weighted by Crippen LogP contribution is 2.49. The number of rotatable bonds is 4. The zero-order valence-electron chi connectivity index (χ0n) is 11.5. The first-order valence-electron chi connectivity index (χ1n) is 6.15. The molecule has 5 nitrogen and oxygen atoms in total. The molecule has 0 saturated heterocycles. The number of carbonyl (C=O) groups is 1. The number of methoxy groups -OCH3 is 2. The highest BCUT2D eigenvalue weighted by Gasteiger charge is 2.64. The number of carbonyl (C=O) groups excluding carboxylic acids is 1. The summed E-state index contributed by atoms with van der Waals surface area (Å²) in [6, 6.07) is 2.72. The van der Waals surface area contributed by atoms with Gasteiger partial charge in [-0.2, -0.15) is 13.2 Å². The predicted octanol–water partition coefficient (Wildman–Crippen LogP) is 2.11. The van der Waals surface area contributed by atoms with Crippen molar-refractivity contribution in [2.45, 2.75) is 24.6 Å². The molecule has 0 atom stereocenters. The van der Waals surface area contributed by atoms with Gasteiger partial charge in [0.1, 0.15) is 17.0 Å². The Morgan fingerprint density at radius 1 is 1.29 bits per heavy atom. The lowest BCUT2D eigenvalue weighted by Crippen LogP contribution is -2.48. The Balaban J connectivity index is 2.32. The fourth-order valence-electron chi connectivity index (χ4n) is 1.96. The molecular formula is C13H15F3N2O3. The molecule has 0 heterocycles. The third kappa shape index (κ3) is 2.70. The Bertz CT molecular complexity index is 569. The number of ether oxygens (including phenoxy) is 2. The number of benzene rings is 1. The van der Waals surface area contributed by atoms with Crippen molar-refractivity contribution < 1.29 is 27.4 Å². The molecular weight excluding hydrogens is 289 g/mol. The van der Waals surface area contributed by atoms with Crippen LogP contribution in [0, 0.1) is 0 Å². The first-order valence-corrected chi connectivity index (χ1v) is 6.15. The van der Waals surface area contributed by atoms with Gasteiger partial charge >= 0.3 is 6.18 Å². The van der Waals surface area contributed by atoms with E-state index in [-0.39, 0.29) is 35.6 Å². The van der Waals surface area contributed by atoms with Crippen LogP contribution in [0.3, 0.4) is 0 Å². The lowest BCUT2D eigenvalue weighted by Gasteiger charge is -2.21. The number of hydrogen-bond acceptors (Lipinski definition) is 4. The van der Waals surface area contributed by atoms with E-state index in [1.54, 1.807) is 0 Å². The summed E-state index contributed by atoms with van der Waals surface area (Å²) in [6.07, 6.45) is -4.76. The number of alkyl halides is 3. The highest BCUT2D eigenvalue weighted by molar-refractivity contribution is 6.01. The van der Waals surface area contributed by atoms with Gasteiger partial charge in [0, 0.05) is 6.07 Å². The summed E-state index contributed by atoms with van der Waals surface area (Å²) in [4.78, 5) is 12.1. The van der Waals surface area contributed by atoms with Crippen molar-refractivity contribution >= 4 is 11.6 Å². The molecule has 116 valence electrons. The number of halogens is 3. The minimum atomic E-state index is -4.49. The molecule has 0 unspecified atom stereocenters. The average Bonchev–Trinajstić information content (AvgIpc) is 3.19. The predicted molar refractivity (Wildman–Crippen MR) is 69.4 cm³/mol. The Hall–Kier alpha value is -2.12. The fourth-order valence-corrected chi connectivity index (χ4v) is 1.96. The Morgan fingerprint density at radius 3 is 2.33 bits per heavy atom. The van der Waals surface area contributed by atoms with E-state index in [1.165, 1.54) is 26.4 Å². The summed E-state index contributed by atoms with van der Waals surface area (Å²) in [7, 11) is 2.70. The van der Waals surface area contributed by atoms with Crippen molar-refractivity contribution in [3.8, 4) is 11.5 Å². The van der Waals surface area contributed by atoms with Gasteiger partial charge in [-0.25, -0.2) is 0 Å². The molecule has 0 radical (unpaired) electrons. The molecule has 1 saturated carbocycles. The van der Waals surface area contributed by atoms with Gasteiger partial charge in [-0.3, -0.25) is 4.79 Å². The third-order valence-electron chi connectivity index (χ3n) is 3.46. The minimum absolute atomic E-state index is 0.0335.